The number of hydrogen-bond donors (Lipinski definition) is 1. The van der Waals surface area contributed by atoms with Crippen LogP contribution in [0.2, 0.25) is 0 Å². The van der Waals surface area contributed by atoms with Crippen molar-refractivity contribution in [2.75, 3.05) is 6.54 Å². The lowest BCUT2D eigenvalue weighted by molar-refractivity contribution is -0.141. The average molecular weight is 200 g/mol. The van der Waals surface area contributed by atoms with Gasteiger partial charge in [0.1, 0.15) is 0 Å². The summed E-state index contributed by atoms with van der Waals surface area (Å²) in [5, 5.41) is 0. The highest BCUT2D eigenvalue weighted by molar-refractivity contribution is 6.03. The van der Waals surface area contributed by atoms with Gasteiger partial charge in [0.25, 0.3) is 0 Å². The summed E-state index contributed by atoms with van der Waals surface area (Å²) in [7, 11) is 0. The van der Waals surface area contributed by atoms with E-state index in [-0.39, 0.29) is 23.8 Å². The van der Waals surface area contributed by atoms with Crippen LogP contribution in [0.15, 0.2) is 0 Å². The van der Waals surface area contributed by atoms with E-state index < -0.39 is 0 Å². The molecule has 0 bridgehead atoms. The molecule has 0 radical (unpaired) electrons. The molecule has 4 heteroatoms. The van der Waals surface area contributed by atoms with Gasteiger partial charge in [-0.05, 0) is 6.92 Å². The van der Waals surface area contributed by atoms with Crippen molar-refractivity contribution < 1.29 is 9.59 Å². The van der Waals surface area contributed by atoms with Crippen LogP contribution in [0.1, 0.15) is 34.1 Å². The number of amides is 2. The van der Waals surface area contributed by atoms with Crippen LogP contribution in [0, 0.1) is 5.92 Å². The standard InChI is InChI=1S/C8H14N2O2.C2H6/c1-5-3-7(11)10(8(5)12)6(2)4-9;1-2/h5-6H,3-4,9H2,1-2H3;1-2H3. The maximum atomic E-state index is 11.4. The van der Waals surface area contributed by atoms with Crippen molar-refractivity contribution in [3.05, 3.63) is 0 Å². The van der Waals surface area contributed by atoms with Gasteiger partial charge < -0.3 is 5.73 Å². The second-order valence-electron chi connectivity index (χ2n) is 3.29. The van der Waals surface area contributed by atoms with Gasteiger partial charge in [0, 0.05) is 24.9 Å². The molecule has 1 aliphatic rings. The number of nitrogens with zero attached hydrogens (tertiary/aromatic N) is 1. The number of carbonyl (C=O) groups is 2. The van der Waals surface area contributed by atoms with Gasteiger partial charge in [0.05, 0.1) is 0 Å². The fourth-order valence-corrected chi connectivity index (χ4v) is 1.38. The molecule has 1 heterocycles. The first-order valence-corrected chi connectivity index (χ1v) is 5.14. The number of rotatable bonds is 2. The molecule has 0 aromatic rings. The summed E-state index contributed by atoms with van der Waals surface area (Å²) in [5.41, 5.74) is 5.38. The van der Waals surface area contributed by atoms with Crippen LogP contribution >= 0.6 is 0 Å². The molecular weight excluding hydrogens is 180 g/mol. The Labute approximate surface area is 85.4 Å². The Balaban J connectivity index is 0.000000791. The molecule has 1 aliphatic heterocycles. The lowest BCUT2D eigenvalue weighted by Gasteiger charge is -2.20. The Morgan fingerprint density at radius 3 is 2.29 bits per heavy atom. The van der Waals surface area contributed by atoms with E-state index in [4.69, 9.17) is 5.73 Å². The molecule has 0 spiro atoms. The topological polar surface area (TPSA) is 63.4 Å². The fraction of sp³-hybridized carbons (Fsp3) is 0.800. The molecule has 82 valence electrons. The highest BCUT2D eigenvalue weighted by atomic mass is 16.2. The first-order chi connectivity index (χ1) is 6.57. The van der Waals surface area contributed by atoms with E-state index in [9.17, 15) is 9.59 Å². The number of imide groups is 1. The van der Waals surface area contributed by atoms with Crippen LogP contribution in [0.25, 0.3) is 0 Å². The molecule has 1 fully saturated rings. The molecule has 0 aliphatic carbocycles. The molecular formula is C10H20N2O2. The van der Waals surface area contributed by atoms with Gasteiger partial charge in [-0.1, -0.05) is 20.8 Å². The van der Waals surface area contributed by atoms with Crippen molar-refractivity contribution in [3.63, 3.8) is 0 Å². The Bertz CT molecular complexity index is 216. The van der Waals surface area contributed by atoms with Crippen molar-refractivity contribution in [1.82, 2.24) is 4.90 Å². The first kappa shape index (κ1) is 13.1. The van der Waals surface area contributed by atoms with Gasteiger partial charge in [-0.3, -0.25) is 14.5 Å². The SMILES string of the molecule is CC.CC1CC(=O)N(C(C)CN)C1=O. The summed E-state index contributed by atoms with van der Waals surface area (Å²) in [6.07, 6.45) is 0.336. The monoisotopic (exact) mass is 200 g/mol. The normalized spacial score (nSPS) is 23.2. The number of nitrogens with two attached hydrogens (primary N) is 1. The van der Waals surface area contributed by atoms with Crippen LogP contribution in [0.3, 0.4) is 0 Å². The van der Waals surface area contributed by atoms with E-state index >= 15 is 0 Å². The molecule has 2 atom stereocenters. The van der Waals surface area contributed by atoms with E-state index in [1.807, 2.05) is 13.8 Å². The second kappa shape index (κ2) is 5.75. The number of carbonyl (C=O) groups excluding carboxylic acids is 2. The van der Waals surface area contributed by atoms with E-state index in [0.29, 0.717) is 13.0 Å². The van der Waals surface area contributed by atoms with Gasteiger partial charge in [0.2, 0.25) is 11.8 Å². The Kier molecular flexibility index (Phi) is 5.38. The zero-order valence-electron chi connectivity index (χ0n) is 9.41. The smallest absolute Gasteiger partial charge is 0.232 e. The third-order valence-corrected chi connectivity index (χ3v) is 2.19. The van der Waals surface area contributed by atoms with Gasteiger partial charge in [0.15, 0.2) is 0 Å². The largest absolute Gasteiger partial charge is 0.328 e. The average Bonchev–Trinajstić information content (AvgIpc) is 2.44. The summed E-state index contributed by atoms with van der Waals surface area (Å²) >= 11 is 0. The van der Waals surface area contributed by atoms with E-state index in [1.165, 1.54) is 4.90 Å². The zero-order chi connectivity index (χ0) is 11.3. The van der Waals surface area contributed by atoms with E-state index in [0.717, 1.165) is 0 Å². The minimum absolute atomic E-state index is 0.0852. The minimum Gasteiger partial charge on any atom is -0.328 e. The molecule has 4 nitrogen and oxygen atoms in total. The fourth-order valence-electron chi connectivity index (χ4n) is 1.38. The highest BCUT2D eigenvalue weighted by Gasteiger charge is 2.37. The molecule has 0 saturated carbocycles. The van der Waals surface area contributed by atoms with Crippen molar-refractivity contribution in [3.8, 4) is 0 Å². The molecule has 1 rings (SSSR count). The zero-order valence-corrected chi connectivity index (χ0v) is 9.41. The summed E-state index contributed by atoms with van der Waals surface area (Å²) in [6, 6.07) is -0.157. The molecule has 2 unspecified atom stereocenters. The quantitative estimate of drug-likeness (QED) is 0.669. The van der Waals surface area contributed by atoms with Gasteiger partial charge >= 0.3 is 0 Å². The summed E-state index contributed by atoms with van der Waals surface area (Å²) < 4.78 is 0. The van der Waals surface area contributed by atoms with E-state index in [1.54, 1.807) is 13.8 Å². The van der Waals surface area contributed by atoms with Gasteiger partial charge in [-0.15, -0.1) is 0 Å². The molecule has 2 amide bonds. The predicted octanol–water partition coefficient (Wildman–Crippen LogP) is 0.755. The van der Waals surface area contributed by atoms with E-state index in [2.05, 4.69) is 0 Å². The van der Waals surface area contributed by atoms with Gasteiger partial charge in [-0.25, -0.2) is 0 Å². The molecule has 2 N–H and O–H groups in total. The first-order valence-electron chi connectivity index (χ1n) is 5.14. The van der Waals surface area contributed by atoms with Crippen molar-refractivity contribution in [1.29, 1.82) is 0 Å². The van der Waals surface area contributed by atoms with Crippen molar-refractivity contribution >= 4 is 11.8 Å². The molecule has 14 heavy (non-hydrogen) atoms. The Hall–Kier alpha value is -0.900. The van der Waals surface area contributed by atoms with Gasteiger partial charge in [-0.2, -0.15) is 0 Å². The Morgan fingerprint density at radius 2 is 2.00 bits per heavy atom. The van der Waals surface area contributed by atoms with Crippen LogP contribution in [-0.2, 0) is 9.59 Å². The summed E-state index contributed by atoms with van der Waals surface area (Å²) in [6.45, 7) is 7.89. The maximum absolute atomic E-state index is 11.4. The number of hydrogen-bond acceptors (Lipinski definition) is 3. The maximum Gasteiger partial charge on any atom is 0.232 e. The second-order valence-corrected chi connectivity index (χ2v) is 3.29. The summed E-state index contributed by atoms with van der Waals surface area (Å²) in [5.74, 6) is -0.338. The van der Waals surface area contributed by atoms with Crippen molar-refractivity contribution in [2.45, 2.75) is 40.2 Å². The lowest BCUT2D eigenvalue weighted by Crippen LogP contribution is -2.42. The molecule has 0 aromatic carbocycles. The van der Waals surface area contributed by atoms with Crippen LogP contribution in [0.4, 0.5) is 0 Å². The van der Waals surface area contributed by atoms with Crippen LogP contribution in [0.5, 0.6) is 0 Å². The highest BCUT2D eigenvalue weighted by Crippen LogP contribution is 2.20. The lowest BCUT2D eigenvalue weighted by atomic mass is 10.1. The number of likely N-dealkylation sites (tertiary alicyclic amines) is 1. The summed E-state index contributed by atoms with van der Waals surface area (Å²) in [4.78, 5) is 23.9. The van der Waals surface area contributed by atoms with Crippen molar-refractivity contribution in [2.24, 2.45) is 11.7 Å². The third-order valence-electron chi connectivity index (χ3n) is 2.19. The Morgan fingerprint density at radius 1 is 1.50 bits per heavy atom. The molecule has 0 aromatic heterocycles. The predicted molar refractivity (Wildman–Crippen MR) is 55.5 cm³/mol. The van der Waals surface area contributed by atoms with Crippen LogP contribution < -0.4 is 5.73 Å². The minimum atomic E-state index is -0.161. The molecule has 1 saturated heterocycles. The third kappa shape index (κ3) is 2.54. The van der Waals surface area contributed by atoms with Crippen LogP contribution in [-0.4, -0.2) is 29.3 Å².